The van der Waals surface area contributed by atoms with Crippen molar-refractivity contribution in [1.82, 2.24) is 24.4 Å². The van der Waals surface area contributed by atoms with E-state index in [-0.39, 0.29) is 18.0 Å². The van der Waals surface area contributed by atoms with Gasteiger partial charge in [-0.2, -0.15) is 0 Å². The van der Waals surface area contributed by atoms with Crippen molar-refractivity contribution >= 4 is 22.6 Å². The first-order valence-corrected chi connectivity index (χ1v) is 11.1. The number of methoxy groups -OCH3 is 1. The van der Waals surface area contributed by atoms with E-state index in [1.54, 1.807) is 36.5 Å². The second-order valence-corrected chi connectivity index (χ2v) is 8.05. The molecule has 34 heavy (non-hydrogen) atoms. The highest BCUT2D eigenvalue weighted by atomic mass is 16.5. The van der Waals surface area contributed by atoms with E-state index in [0.717, 1.165) is 22.8 Å². The van der Waals surface area contributed by atoms with Crippen molar-refractivity contribution in [3.8, 4) is 17.0 Å². The second kappa shape index (κ2) is 9.30. The van der Waals surface area contributed by atoms with Gasteiger partial charge in [0.2, 0.25) is 5.91 Å². The van der Waals surface area contributed by atoms with E-state index in [1.165, 1.54) is 10.9 Å². The molecular formula is C25H24N6O3. The van der Waals surface area contributed by atoms with Gasteiger partial charge in [0.25, 0.3) is 5.56 Å². The van der Waals surface area contributed by atoms with Crippen LogP contribution in [0.15, 0.2) is 72.0 Å². The molecule has 1 amide bonds. The molecule has 1 aliphatic rings. The minimum absolute atomic E-state index is 0.0220. The first kappa shape index (κ1) is 21.6. The largest absolute Gasteiger partial charge is 0.497 e. The summed E-state index contributed by atoms with van der Waals surface area (Å²) in [5, 5.41) is 0.513. The Labute approximate surface area is 196 Å². The summed E-state index contributed by atoms with van der Waals surface area (Å²) in [5.41, 5.74) is 2.23. The minimum atomic E-state index is -0.204. The van der Waals surface area contributed by atoms with Crippen LogP contribution in [0.3, 0.4) is 0 Å². The monoisotopic (exact) mass is 456 g/mol. The Morgan fingerprint density at radius 1 is 0.971 bits per heavy atom. The quantitative estimate of drug-likeness (QED) is 0.455. The lowest BCUT2D eigenvalue weighted by Gasteiger charge is -2.35. The van der Waals surface area contributed by atoms with Crippen LogP contribution in [0.5, 0.6) is 5.75 Å². The predicted octanol–water partition coefficient (Wildman–Crippen LogP) is 2.21. The fourth-order valence-corrected chi connectivity index (χ4v) is 4.09. The van der Waals surface area contributed by atoms with Crippen LogP contribution in [0.1, 0.15) is 0 Å². The maximum absolute atomic E-state index is 12.9. The Balaban J connectivity index is 1.24. The third-order valence-corrected chi connectivity index (χ3v) is 6.03. The first-order valence-electron chi connectivity index (χ1n) is 11.1. The van der Waals surface area contributed by atoms with Crippen molar-refractivity contribution < 1.29 is 9.53 Å². The Hall–Kier alpha value is -4.27. The fraction of sp³-hybridized carbons (Fsp3) is 0.240. The van der Waals surface area contributed by atoms with E-state index in [4.69, 9.17) is 4.74 Å². The summed E-state index contributed by atoms with van der Waals surface area (Å²) in [7, 11) is 1.64. The third kappa shape index (κ3) is 4.32. The predicted molar refractivity (Wildman–Crippen MR) is 129 cm³/mol. The van der Waals surface area contributed by atoms with Crippen molar-refractivity contribution in [2.75, 3.05) is 38.2 Å². The van der Waals surface area contributed by atoms with Crippen LogP contribution < -0.4 is 15.2 Å². The summed E-state index contributed by atoms with van der Waals surface area (Å²) in [6.07, 6.45) is 3.01. The number of anilines is 1. The Morgan fingerprint density at radius 2 is 1.74 bits per heavy atom. The molecule has 2 aromatic carbocycles. The number of amides is 1. The van der Waals surface area contributed by atoms with E-state index >= 15 is 0 Å². The van der Waals surface area contributed by atoms with Gasteiger partial charge in [-0.25, -0.2) is 15.0 Å². The summed E-state index contributed by atoms with van der Waals surface area (Å²) >= 11 is 0. The van der Waals surface area contributed by atoms with Crippen molar-refractivity contribution in [3.05, 3.63) is 77.6 Å². The van der Waals surface area contributed by atoms with E-state index in [0.29, 0.717) is 37.1 Å². The standard InChI is InChI=1S/C25H24N6O3/c1-34-19-8-6-18(7-9-19)22-14-23(27-16-26-22)29-10-12-30(13-11-29)24(32)15-31-17-28-21-5-3-2-4-20(21)25(31)33/h2-9,14,16-17H,10-13,15H2,1H3. The molecule has 0 saturated carbocycles. The van der Waals surface area contributed by atoms with Crippen LogP contribution in [-0.4, -0.2) is 63.6 Å². The third-order valence-electron chi connectivity index (χ3n) is 6.03. The van der Waals surface area contributed by atoms with Crippen LogP contribution in [0, 0.1) is 0 Å². The number of hydrogen-bond acceptors (Lipinski definition) is 7. The number of rotatable bonds is 5. The molecule has 3 heterocycles. The smallest absolute Gasteiger partial charge is 0.261 e. The van der Waals surface area contributed by atoms with Gasteiger partial charge < -0.3 is 14.5 Å². The molecule has 4 aromatic rings. The number of nitrogens with zero attached hydrogens (tertiary/aromatic N) is 6. The van der Waals surface area contributed by atoms with Crippen molar-refractivity contribution in [2.45, 2.75) is 6.54 Å². The fourth-order valence-electron chi connectivity index (χ4n) is 4.09. The number of para-hydroxylation sites is 1. The van der Waals surface area contributed by atoms with Gasteiger partial charge in [-0.1, -0.05) is 12.1 Å². The van der Waals surface area contributed by atoms with Gasteiger partial charge in [-0.05, 0) is 36.4 Å². The number of ether oxygens (including phenoxy) is 1. The number of benzene rings is 2. The maximum Gasteiger partial charge on any atom is 0.261 e. The lowest BCUT2D eigenvalue weighted by molar-refractivity contribution is -0.132. The molecule has 172 valence electrons. The number of hydrogen-bond donors (Lipinski definition) is 0. The topological polar surface area (TPSA) is 93.5 Å². The highest BCUT2D eigenvalue weighted by Crippen LogP contribution is 2.23. The first-order chi connectivity index (χ1) is 16.6. The minimum Gasteiger partial charge on any atom is -0.497 e. The van der Waals surface area contributed by atoms with E-state index in [2.05, 4.69) is 19.9 Å². The molecule has 1 aliphatic heterocycles. The van der Waals surface area contributed by atoms with Crippen LogP contribution >= 0.6 is 0 Å². The summed E-state index contributed by atoms with van der Waals surface area (Å²) in [6, 6.07) is 16.8. The van der Waals surface area contributed by atoms with Crippen LogP contribution in [0.25, 0.3) is 22.2 Å². The zero-order valence-electron chi connectivity index (χ0n) is 18.8. The van der Waals surface area contributed by atoms with Crippen molar-refractivity contribution in [3.63, 3.8) is 0 Å². The molecular weight excluding hydrogens is 432 g/mol. The Kier molecular flexibility index (Phi) is 5.90. The summed E-state index contributed by atoms with van der Waals surface area (Å²) in [6.45, 7) is 2.38. The van der Waals surface area contributed by atoms with Crippen LogP contribution in [0.2, 0.25) is 0 Å². The molecule has 0 N–H and O–H groups in total. The lowest BCUT2D eigenvalue weighted by Crippen LogP contribution is -2.50. The van der Waals surface area contributed by atoms with Gasteiger partial charge in [-0.3, -0.25) is 14.2 Å². The molecule has 2 aromatic heterocycles. The number of piperazine rings is 1. The second-order valence-electron chi connectivity index (χ2n) is 8.05. The number of carbonyl (C=O) groups is 1. The summed E-state index contributed by atoms with van der Waals surface area (Å²) in [5.74, 6) is 1.52. The highest BCUT2D eigenvalue weighted by molar-refractivity contribution is 5.79. The average molecular weight is 457 g/mol. The molecule has 0 spiro atoms. The highest BCUT2D eigenvalue weighted by Gasteiger charge is 2.23. The zero-order chi connectivity index (χ0) is 23.5. The van der Waals surface area contributed by atoms with Crippen LogP contribution in [-0.2, 0) is 11.3 Å². The molecule has 5 rings (SSSR count). The van der Waals surface area contributed by atoms with Gasteiger partial charge in [0, 0.05) is 37.8 Å². The average Bonchev–Trinajstić information content (AvgIpc) is 2.90. The number of carbonyl (C=O) groups excluding carboxylic acids is 1. The number of fused-ring (bicyclic) bond motifs is 1. The van der Waals surface area contributed by atoms with E-state index in [9.17, 15) is 9.59 Å². The Bertz CT molecular complexity index is 1380. The van der Waals surface area contributed by atoms with Gasteiger partial charge >= 0.3 is 0 Å². The van der Waals surface area contributed by atoms with Crippen LogP contribution in [0.4, 0.5) is 5.82 Å². The lowest BCUT2D eigenvalue weighted by atomic mass is 10.1. The molecule has 9 heteroatoms. The summed E-state index contributed by atoms with van der Waals surface area (Å²) in [4.78, 5) is 42.6. The molecule has 9 nitrogen and oxygen atoms in total. The van der Waals surface area contributed by atoms with E-state index < -0.39 is 0 Å². The molecule has 0 aliphatic carbocycles. The van der Waals surface area contributed by atoms with Gasteiger partial charge in [-0.15, -0.1) is 0 Å². The molecule has 1 saturated heterocycles. The molecule has 1 fully saturated rings. The molecule has 0 atom stereocenters. The van der Waals surface area contributed by atoms with Gasteiger partial charge in [0.05, 0.1) is 30.0 Å². The maximum atomic E-state index is 12.9. The van der Waals surface area contributed by atoms with Crippen molar-refractivity contribution in [2.24, 2.45) is 0 Å². The molecule has 0 bridgehead atoms. The summed E-state index contributed by atoms with van der Waals surface area (Å²) < 4.78 is 6.60. The normalized spacial score (nSPS) is 13.8. The molecule has 0 unspecified atom stereocenters. The zero-order valence-corrected chi connectivity index (χ0v) is 18.8. The Morgan fingerprint density at radius 3 is 2.50 bits per heavy atom. The van der Waals surface area contributed by atoms with Crippen molar-refractivity contribution in [1.29, 1.82) is 0 Å². The number of aromatic nitrogens is 4. The van der Waals surface area contributed by atoms with E-state index in [1.807, 2.05) is 36.4 Å². The van der Waals surface area contributed by atoms with Gasteiger partial charge in [0.1, 0.15) is 24.4 Å². The SMILES string of the molecule is COc1ccc(-c2cc(N3CCN(C(=O)Cn4cnc5ccccc5c4=O)CC3)ncn2)cc1. The molecule has 0 radical (unpaired) electrons. The van der Waals surface area contributed by atoms with Gasteiger partial charge in [0.15, 0.2) is 0 Å².